The fraction of sp³-hybridized carbons (Fsp3) is 0.462. The van der Waals surface area contributed by atoms with Gasteiger partial charge in [0.2, 0.25) is 0 Å². The molecule has 0 fully saturated rings. The smallest absolute Gasteiger partial charge is 0.410 e. The van der Waals surface area contributed by atoms with Gasteiger partial charge in [-0.15, -0.1) is 0 Å². The molecule has 5 heteroatoms. The van der Waals surface area contributed by atoms with Crippen molar-refractivity contribution in [1.82, 2.24) is 4.90 Å². The number of hydrogen-bond donors (Lipinski definition) is 0. The highest BCUT2D eigenvalue weighted by atomic mass is 127. The first kappa shape index (κ1) is 15.2. The van der Waals surface area contributed by atoms with Crippen molar-refractivity contribution in [3.05, 3.63) is 33.1 Å². The Bertz CT molecular complexity index is 443. The Hall–Kier alpha value is -0.850. The van der Waals surface area contributed by atoms with Crippen LogP contribution < -0.4 is 0 Å². The van der Waals surface area contributed by atoms with E-state index in [1.54, 1.807) is 40.0 Å². The van der Waals surface area contributed by atoms with Crippen LogP contribution in [-0.4, -0.2) is 23.6 Å². The van der Waals surface area contributed by atoms with Gasteiger partial charge in [-0.25, -0.2) is 9.18 Å². The molecule has 0 bridgehead atoms. The summed E-state index contributed by atoms with van der Waals surface area (Å²) in [4.78, 5) is 13.1. The Labute approximate surface area is 120 Å². The van der Waals surface area contributed by atoms with Crippen molar-refractivity contribution < 1.29 is 13.9 Å². The molecular formula is C13H17FINO2. The van der Waals surface area contributed by atoms with Crippen LogP contribution in [0.4, 0.5) is 9.18 Å². The Morgan fingerprint density at radius 1 is 1.44 bits per heavy atom. The second kappa shape index (κ2) is 5.86. The molecule has 0 heterocycles. The molecule has 0 saturated carbocycles. The number of halogens is 2. The number of ether oxygens (including phenoxy) is 1. The van der Waals surface area contributed by atoms with Gasteiger partial charge in [0, 0.05) is 16.2 Å². The molecule has 0 saturated heterocycles. The number of nitrogens with zero attached hydrogens (tertiary/aromatic N) is 1. The van der Waals surface area contributed by atoms with E-state index in [1.165, 1.54) is 11.0 Å². The van der Waals surface area contributed by atoms with Crippen LogP contribution in [0, 0.1) is 9.39 Å². The zero-order chi connectivity index (χ0) is 13.9. The van der Waals surface area contributed by atoms with Gasteiger partial charge in [0.25, 0.3) is 0 Å². The summed E-state index contributed by atoms with van der Waals surface area (Å²) >= 11 is 2.11. The first-order valence-corrected chi connectivity index (χ1v) is 6.65. The van der Waals surface area contributed by atoms with Gasteiger partial charge in [0.15, 0.2) is 0 Å². The third kappa shape index (κ3) is 4.80. The van der Waals surface area contributed by atoms with E-state index in [2.05, 4.69) is 22.6 Å². The third-order valence-electron chi connectivity index (χ3n) is 2.12. The third-order valence-corrected chi connectivity index (χ3v) is 2.79. The predicted octanol–water partition coefficient (Wildman–Crippen LogP) is 3.80. The van der Waals surface area contributed by atoms with Crippen LogP contribution in [-0.2, 0) is 11.3 Å². The van der Waals surface area contributed by atoms with Crippen LogP contribution >= 0.6 is 22.6 Å². The fourth-order valence-corrected chi connectivity index (χ4v) is 1.88. The minimum atomic E-state index is -0.547. The summed E-state index contributed by atoms with van der Waals surface area (Å²) in [6, 6.07) is 4.81. The van der Waals surface area contributed by atoms with E-state index < -0.39 is 11.7 Å². The Morgan fingerprint density at radius 3 is 2.61 bits per heavy atom. The van der Waals surface area contributed by atoms with Gasteiger partial charge >= 0.3 is 6.09 Å². The molecule has 1 aromatic rings. The molecule has 0 aromatic heterocycles. The number of carbonyl (C=O) groups is 1. The summed E-state index contributed by atoms with van der Waals surface area (Å²) in [6.45, 7) is 5.58. The van der Waals surface area contributed by atoms with Crippen LogP contribution in [0.1, 0.15) is 26.3 Å². The maximum Gasteiger partial charge on any atom is 0.410 e. The maximum atomic E-state index is 13.5. The second-order valence-electron chi connectivity index (χ2n) is 5.07. The van der Waals surface area contributed by atoms with E-state index in [-0.39, 0.29) is 12.4 Å². The molecule has 1 amide bonds. The Balaban J connectivity index is 2.72. The lowest BCUT2D eigenvalue weighted by atomic mass is 10.2. The average molecular weight is 365 g/mol. The zero-order valence-electron chi connectivity index (χ0n) is 11.0. The molecule has 1 rings (SSSR count). The van der Waals surface area contributed by atoms with Crippen molar-refractivity contribution in [1.29, 1.82) is 0 Å². The summed E-state index contributed by atoms with van der Waals surface area (Å²) in [5.41, 5.74) is -0.0649. The highest BCUT2D eigenvalue weighted by Crippen LogP contribution is 2.16. The van der Waals surface area contributed by atoms with Crippen LogP contribution in [0.15, 0.2) is 18.2 Å². The van der Waals surface area contributed by atoms with Crippen molar-refractivity contribution in [2.75, 3.05) is 7.05 Å². The molecule has 0 N–H and O–H groups in total. The van der Waals surface area contributed by atoms with Crippen LogP contribution in [0.5, 0.6) is 0 Å². The highest BCUT2D eigenvalue weighted by molar-refractivity contribution is 14.1. The minimum absolute atomic E-state index is 0.192. The number of carbonyl (C=O) groups excluding carboxylic acids is 1. The lowest BCUT2D eigenvalue weighted by molar-refractivity contribution is 0.0283. The standard InChI is InChI=1S/C13H17FINO2/c1-13(2,3)18-12(17)16(4)8-9-7-10(15)5-6-11(9)14/h5-7H,8H2,1-4H3. The molecule has 0 spiro atoms. The number of hydrogen-bond acceptors (Lipinski definition) is 2. The monoisotopic (exact) mass is 365 g/mol. The average Bonchev–Trinajstić information content (AvgIpc) is 2.21. The van der Waals surface area contributed by atoms with Crippen molar-refractivity contribution in [2.24, 2.45) is 0 Å². The molecule has 0 radical (unpaired) electrons. The summed E-state index contributed by atoms with van der Waals surface area (Å²) in [5.74, 6) is -0.314. The van der Waals surface area contributed by atoms with E-state index in [1.807, 2.05) is 0 Å². The molecule has 0 aliphatic carbocycles. The van der Waals surface area contributed by atoms with Crippen molar-refractivity contribution in [3.8, 4) is 0 Å². The number of amides is 1. The first-order chi connectivity index (χ1) is 8.19. The first-order valence-electron chi connectivity index (χ1n) is 5.57. The molecular weight excluding hydrogens is 348 g/mol. The summed E-state index contributed by atoms with van der Waals surface area (Å²) in [6.07, 6.45) is -0.458. The zero-order valence-corrected chi connectivity index (χ0v) is 13.1. The molecule has 100 valence electrons. The maximum absolute atomic E-state index is 13.5. The van der Waals surface area contributed by atoms with Gasteiger partial charge in [-0.1, -0.05) is 0 Å². The largest absolute Gasteiger partial charge is 0.444 e. The molecule has 18 heavy (non-hydrogen) atoms. The molecule has 0 aliphatic rings. The normalized spacial score (nSPS) is 11.2. The molecule has 0 aliphatic heterocycles. The Morgan fingerprint density at radius 2 is 2.06 bits per heavy atom. The van der Waals surface area contributed by atoms with E-state index >= 15 is 0 Å². The fourth-order valence-electron chi connectivity index (χ4n) is 1.32. The van der Waals surface area contributed by atoms with E-state index in [9.17, 15) is 9.18 Å². The van der Waals surface area contributed by atoms with E-state index in [0.29, 0.717) is 5.56 Å². The van der Waals surface area contributed by atoms with Crippen LogP contribution in [0.25, 0.3) is 0 Å². The van der Waals surface area contributed by atoms with Crippen LogP contribution in [0.3, 0.4) is 0 Å². The predicted molar refractivity (Wildman–Crippen MR) is 76.8 cm³/mol. The van der Waals surface area contributed by atoms with Crippen molar-refractivity contribution in [2.45, 2.75) is 32.9 Å². The molecule has 0 unspecified atom stereocenters. The van der Waals surface area contributed by atoms with Gasteiger partial charge in [0.1, 0.15) is 11.4 Å². The number of rotatable bonds is 2. The minimum Gasteiger partial charge on any atom is -0.444 e. The number of benzene rings is 1. The lowest BCUT2D eigenvalue weighted by Crippen LogP contribution is -2.34. The summed E-state index contributed by atoms with van der Waals surface area (Å²) < 4.78 is 19.7. The van der Waals surface area contributed by atoms with E-state index in [0.717, 1.165) is 3.57 Å². The quantitative estimate of drug-likeness (QED) is 0.747. The van der Waals surface area contributed by atoms with Gasteiger partial charge in [0.05, 0.1) is 6.54 Å². The van der Waals surface area contributed by atoms with E-state index in [4.69, 9.17) is 4.74 Å². The van der Waals surface area contributed by atoms with Gasteiger partial charge < -0.3 is 9.64 Å². The van der Waals surface area contributed by atoms with Crippen molar-refractivity contribution >= 4 is 28.7 Å². The lowest BCUT2D eigenvalue weighted by Gasteiger charge is -2.24. The molecule has 0 atom stereocenters. The summed E-state index contributed by atoms with van der Waals surface area (Å²) in [7, 11) is 1.59. The Kier molecular flexibility index (Phi) is 4.95. The van der Waals surface area contributed by atoms with Crippen LogP contribution in [0.2, 0.25) is 0 Å². The van der Waals surface area contributed by atoms with Gasteiger partial charge in [-0.05, 0) is 61.6 Å². The summed E-state index contributed by atoms with van der Waals surface area (Å²) in [5, 5.41) is 0. The van der Waals surface area contributed by atoms with Gasteiger partial charge in [-0.2, -0.15) is 0 Å². The topological polar surface area (TPSA) is 29.5 Å². The second-order valence-corrected chi connectivity index (χ2v) is 6.32. The van der Waals surface area contributed by atoms with Crippen molar-refractivity contribution in [3.63, 3.8) is 0 Å². The van der Waals surface area contributed by atoms with Gasteiger partial charge in [-0.3, -0.25) is 0 Å². The molecule has 1 aromatic carbocycles. The SMILES string of the molecule is CN(Cc1cc(I)ccc1F)C(=O)OC(C)(C)C. The highest BCUT2D eigenvalue weighted by Gasteiger charge is 2.20. The molecule has 3 nitrogen and oxygen atoms in total.